The van der Waals surface area contributed by atoms with E-state index in [9.17, 15) is 0 Å². The van der Waals surface area contributed by atoms with Gasteiger partial charge in [-0.05, 0) is 18.9 Å². The van der Waals surface area contributed by atoms with Gasteiger partial charge in [0.2, 0.25) is 0 Å². The Morgan fingerprint density at radius 2 is 1.75 bits per heavy atom. The first kappa shape index (κ1) is 10.9. The highest BCUT2D eigenvalue weighted by Gasteiger charge is 1.84. The van der Waals surface area contributed by atoms with E-state index in [0.29, 0.717) is 0 Å². The molecule has 0 aromatic heterocycles. The van der Waals surface area contributed by atoms with Gasteiger partial charge in [0, 0.05) is 0 Å². The first-order chi connectivity index (χ1) is 5.85. The van der Waals surface area contributed by atoms with Gasteiger partial charge in [0.05, 0.1) is 0 Å². The van der Waals surface area contributed by atoms with Gasteiger partial charge in [0.15, 0.2) is 0 Å². The summed E-state index contributed by atoms with van der Waals surface area (Å²) in [5.41, 5.74) is 1.44. The van der Waals surface area contributed by atoms with Crippen molar-refractivity contribution in [1.29, 1.82) is 0 Å². The van der Waals surface area contributed by atoms with Crippen molar-refractivity contribution in [3.63, 3.8) is 0 Å². The molecule has 1 aromatic rings. The lowest BCUT2D eigenvalue weighted by molar-refractivity contribution is -0.106. The van der Waals surface area contributed by atoms with Crippen molar-refractivity contribution in [2.24, 2.45) is 0 Å². The molecule has 1 rings (SSSR count). The highest BCUT2D eigenvalue weighted by Crippen LogP contribution is 2.00. The Labute approximate surface area is 74.4 Å². The van der Waals surface area contributed by atoms with Crippen molar-refractivity contribution in [3.05, 3.63) is 35.9 Å². The van der Waals surface area contributed by atoms with E-state index in [1.54, 1.807) is 0 Å². The van der Waals surface area contributed by atoms with Gasteiger partial charge in [0.1, 0.15) is 6.29 Å². The summed E-state index contributed by atoms with van der Waals surface area (Å²) in [7, 11) is 0. The Bertz CT molecular complexity index is 191. The lowest BCUT2D eigenvalue weighted by Gasteiger charge is -1.93. The van der Waals surface area contributed by atoms with Crippen LogP contribution in [0.1, 0.15) is 25.8 Å². The van der Waals surface area contributed by atoms with Crippen LogP contribution in [-0.2, 0) is 11.2 Å². The van der Waals surface area contributed by atoms with Crippen LogP contribution in [-0.4, -0.2) is 6.29 Å². The third-order valence-corrected chi connectivity index (χ3v) is 1.38. The molecule has 0 aliphatic carbocycles. The molecule has 0 saturated carbocycles. The van der Waals surface area contributed by atoms with Gasteiger partial charge in [-0.15, -0.1) is 0 Å². The number of hydrogen-bond donors (Lipinski definition) is 0. The predicted octanol–water partition coefficient (Wildman–Crippen LogP) is 2.84. The molecule has 0 bridgehead atoms. The molecule has 0 unspecified atom stereocenters. The number of aryl methyl sites for hydroxylation is 1. The fourth-order valence-corrected chi connectivity index (χ4v) is 0.933. The van der Waals surface area contributed by atoms with Crippen LogP contribution in [0.5, 0.6) is 0 Å². The summed E-state index contributed by atoms with van der Waals surface area (Å²) in [6, 6.07) is 10.6. The Morgan fingerprint density at radius 3 is 2.17 bits per heavy atom. The highest BCUT2D eigenvalue weighted by molar-refractivity contribution is 5.44. The Kier molecular flexibility index (Phi) is 7.25. The molecule has 66 valence electrons. The molecule has 0 radical (unpaired) electrons. The van der Waals surface area contributed by atoms with E-state index in [2.05, 4.69) is 37.3 Å². The highest BCUT2D eigenvalue weighted by atomic mass is 16.1. The van der Waals surface area contributed by atoms with Crippen LogP contribution in [0, 0.1) is 0 Å². The maximum atomic E-state index is 8.81. The van der Waals surface area contributed by atoms with Gasteiger partial charge in [-0.3, -0.25) is 0 Å². The van der Waals surface area contributed by atoms with Crippen LogP contribution in [0.3, 0.4) is 0 Å². The number of rotatable bonds is 2. The number of carbonyl (C=O) groups excluding carboxylic acids is 1. The minimum atomic E-state index is 0.750. The zero-order chi connectivity index (χ0) is 9.23. The summed E-state index contributed by atoms with van der Waals surface area (Å²) in [4.78, 5) is 8.81. The summed E-state index contributed by atoms with van der Waals surface area (Å²) in [5.74, 6) is 0. The molecule has 0 N–H and O–H groups in total. The van der Waals surface area contributed by atoms with Gasteiger partial charge >= 0.3 is 0 Å². The van der Waals surface area contributed by atoms with E-state index >= 15 is 0 Å². The minimum absolute atomic E-state index is 0.750. The Morgan fingerprint density at radius 1 is 1.25 bits per heavy atom. The first-order valence-electron chi connectivity index (χ1n) is 4.28. The normalized spacial score (nSPS) is 8.17. The van der Waals surface area contributed by atoms with Crippen molar-refractivity contribution in [3.8, 4) is 0 Å². The molecule has 1 heteroatoms. The SMILES string of the molecule is CC=O.CCCc1ccccc1. The molecule has 0 saturated heterocycles. The smallest absolute Gasteiger partial charge is 0.116 e. The standard InChI is InChI=1S/C9H12.C2H4O/c1-2-6-9-7-4-3-5-8-9;1-2-3/h3-5,7-8H,2,6H2,1H3;2H,1H3. The van der Waals surface area contributed by atoms with Gasteiger partial charge in [0.25, 0.3) is 0 Å². The molecule has 0 aliphatic heterocycles. The summed E-state index contributed by atoms with van der Waals surface area (Å²) < 4.78 is 0. The minimum Gasteiger partial charge on any atom is -0.304 e. The molecule has 12 heavy (non-hydrogen) atoms. The third-order valence-electron chi connectivity index (χ3n) is 1.38. The number of aldehydes is 1. The molecule has 0 spiro atoms. The number of carbonyl (C=O) groups is 1. The summed E-state index contributed by atoms with van der Waals surface area (Å²) in [6.07, 6.45) is 3.20. The molecule has 0 atom stereocenters. The number of hydrogen-bond acceptors (Lipinski definition) is 1. The van der Waals surface area contributed by atoms with Crippen LogP contribution in [0.4, 0.5) is 0 Å². The summed E-state index contributed by atoms with van der Waals surface area (Å²) in [5, 5.41) is 0. The van der Waals surface area contributed by atoms with Gasteiger partial charge in [-0.25, -0.2) is 0 Å². The molecule has 0 fully saturated rings. The monoisotopic (exact) mass is 164 g/mol. The Balaban J connectivity index is 0.000000354. The number of benzene rings is 1. The summed E-state index contributed by atoms with van der Waals surface area (Å²) in [6.45, 7) is 3.65. The van der Waals surface area contributed by atoms with E-state index in [0.717, 1.165) is 6.29 Å². The molecule has 0 amide bonds. The van der Waals surface area contributed by atoms with E-state index in [-0.39, 0.29) is 0 Å². The fraction of sp³-hybridized carbons (Fsp3) is 0.364. The van der Waals surface area contributed by atoms with E-state index in [4.69, 9.17) is 4.79 Å². The topological polar surface area (TPSA) is 17.1 Å². The lowest BCUT2D eigenvalue weighted by Crippen LogP contribution is -1.78. The van der Waals surface area contributed by atoms with Crippen LogP contribution in [0.15, 0.2) is 30.3 Å². The van der Waals surface area contributed by atoms with E-state index < -0.39 is 0 Å². The van der Waals surface area contributed by atoms with Crippen molar-refractivity contribution in [2.45, 2.75) is 26.7 Å². The van der Waals surface area contributed by atoms with Crippen LogP contribution < -0.4 is 0 Å². The van der Waals surface area contributed by atoms with Crippen LogP contribution in [0.25, 0.3) is 0 Å². The largest absolute Gasteiger partial charge is 0.304 e. The van der Waals surface area contributed by atoms with Crippen molar-refractivity contribution in [2.75, 3.05) is 0 Å². The Hall–Kier alpha value is -1.11. The molecule has 0 heterocycles. The van der Waals surface area contributed by atoms with Gasteiger partial charge in [-0.2, -0.15) is 0 Å². The van der Waals surface area contributed by atoms with Crippen molar-refractivity contribution >= 4 is 6.29 Å². The second-order valence-corrected chi connectivity index (χ2v) is 2.47. The predicted molar refractivity (Wildman–Crippen MR) is 52.2 cm³/mol. The molecule has 0 aliphatic rings. The average Bonchev–Trinajstić information content (AvgIpc) is 2.08. The van der Waals surface area contributed by atoms with Crippen molar-refractivity contribution < 1.29 is 4.79 Å². The maximum Gasteiger partial charge on any atom is 0.116 e. The van der Waals surface area contributed by atoms with Crippen LogP contribution in [0.2, 0.25) is 0 Å². The fourth-order valence-electron chi connectivity index (χ4n) is 0.933. The van der Waals surface area contributed by atoms with Gasteiger partial charge < -0.3 is 4.79 Å². The van der Waals surface area contributed by atoms with Gasteiger partial charge in [-0.1, -0.05) is 43.7 Å². The zero-order valence-electron chi connectivity index (χ0n) is 7.79. The first-order valence-corrected chi connectivity index (χ1v) is 4.28. The third kappa shape index (κ3) is 5.66. The van der Waals surface area contributed by atoms with Crippen molar-refractivity contribution in [1.82, 2.24) is 0 Å². The molecule has 1 nitrogen and oxygen atoms in total. The van der Waals surface area contributed by atoms with Crippen LogP contribution >= 0.6 is 0 Å². The summed E-state index contributed by atoms with van der Waals surface area (Å²) >= 11 is 0. The molecular weight excluding hydrogens is 148 g/mol. The van der Waals surface area contributed by atoms with E-state index in [1.807, 2.05) is 0 Å². The quantitative estimate of drug-likeness (QED) is 0.614. The zero-order valence-corrected chi connectivity index (χ0v) is 7.79. The molecule has 1 aromatic carbocycles. The lowest BCUT2D eigenvalue weighted by atomic mass is 10.1. The van der Waals surface area contributed by atoms with E-state index in [1.165, 1.54) is 25.3 Å². The second-order valence-electron chi connectivity index (χ2n) is 2.47. The maximum absolute atomic E-state index is 8.81. The average molecular weight is 164 g/mol. The second kappa shape index (κ2) is 7.99. The molecular formula is C11H16O.